The number of carbonyl (C=O) groups is 1. The number of carbonyl (C=O) groups excluding carboxylic acids is 1. The second-order valence-corrected chi connectivity index (χ2v) is 6.32. The molecule has 0 aliphatic carbocycles. The Morgan fingerprint density at radius 1 is 1.46 bits per heavy atom. The molecule has 0 aliphatic heterocycles. The largest absolute Gasteiger partial charge is 0.465 e. The standard InChI is InChI=1S/C18H19N3O2S/c1-13-10-14(2)21(20-13)17(15-7-9-24-12-15)11-19-18(22)6-5-16-4-3-8-23-16/h3-10,12,17H,11H2,1-2H3,(H,19,22)/b6-5+. The molecule has 1 unspecified atom stereocenters. The van der Waals surface area contributed by atoms with Crippen molar-refractivity contribution in [1.29, 1.82) is 0 Å². The van der Waals surface area contributed by atoms with Crippen molar-refractivity contribution >= 4 is 23.3 Å². The van der Waals surface area contributed by atoms with Crippen molar-refractivity contribution in [2.45, 2.75) is 19.9 Å². The van der Waals surface area contributed by atoms with Gasteiger partial charge in [0.15, 0.2) is 0 Å². The molecule has 3 aromatic heterocycles. The van der Waals surface area contributed by atoms with Crippen LogP contribution in [0.15, 0.2) is 51.8 Å². The molecule has 124 valence electrons. The van der Waals surface area contributed by atoms with Crippen LogP contribution in [0.25, 0.3) is 6.08 Å². The highest BCUT2D eigenvalue weighted by Crippen LogP contribution is 2.22. The molecule has 0 bridgehead atoms. The summed E-state index contributed by atoms with van der Waals surface area (Å²) in [5, 5.41) is 11.6. The Labute approximate surface area is 144 Å². The summed E-state index contributed by atoms with van der Waals surface area (Å²) in [6.45, 7) is 4.47. The van der Waals surface area contributed by atoms with Crippen LogP contribution < -0.4 is 5.32 Å². The number of nitrogens with one attached hydrogen (secondary N) is 1. The summed E-state index contributed by atoms with van der Waals surface area (Å²) in [4.78, 5) is 12.1. The minimum Gasteiger partial charge on any atom is -0.465 e. The number of amides is 1. The maximum absolute atomic E-state index is 12.1. The highest BCUT2D eigenvalue weighted by molar-refractivity contribution is 7.07. The number of nitrogens with zero attached hydrogens (tertiary/aromatic N) is 2. The molecule has 0 radical (unpaired) electrons. The van der Waals surface area contributed by atoms with Crippen LogP contribution in [0.3, 0.4) is 0 Å². The fourth-order valence-electron chi connectivity index (χ4n) is 2.57. The lowest BCUT2D eigenvalue weighted by Gasteiger charge is -2.18. The lowest BCUT2D eigenvalue weighted by molar-refractivity contribution is -0.116. The van der Waals surface area contributed by atoms with Gasteiger partial charge in [-0.2, -0.15) is 16.4 Å². The zero-order chi connectivity index (χ0) is 16.9. The smallest absolute Gasteiger partial charge is 0.244 e. The maximum atomic E-state index is 12.1. The van der Waals surface area contributed by atoms with E-state index >= 15 is 0 Å². The molecule has 0 aliphatic rings. The van der Waals surface area contributed by atoms with E-state index in [2.05, 4.69) is 21.9 Å². The van der Waals surface area contributed by atoms with Gasteiger partial charge in [0, 0.05) is 18.3 Å². The molecule has 3 heterocycles. The first-order valence-electron chi connectivity index (χ1n) is 7.68. The number of aromatic nitrogens is 2. The van der Waals surface area contributed by atoms with Crippen LogP contribution in [-0.2, 0) is 4.79 Å². The van der Waals surface area contributed by atoms with Gasteiger partial charge in [0.25, 0.3) is 0 Å². The number of thiophene rings is 1. The van der Waals surface area contributed by atoms with Crippen molar-refractivity contribution in [1.82, 2.24) is 15.1 Å². The summed E-state index contributed by atoms with van der Waals surface area (Å²) in [5.74, 6) is 0.492. The molecule has 3 aromatic rings. The highest BCUT2D eigenvalue weighted by atomic mass is 32.1. The second kappa shape index (κ2) is 7.31. The van der Waals surface area contributed by atoms with Crippen LogP contribution in [0.2, 0.25) is 0 Å². The third kappa shape index (κ3) is 3.83. The van der Waals surface area contributed by atoms with E-state index in [1.54, 1.807) is 35.8 Å². The van der Waals surface area contributed by atoms with Gasteiger partial charge in [-0.1, -0.05) is 0 Å². The van der Waals surface area contributed by atoms with Crippen molar-refractivity contribution in [2.75, 3.05) is 6.54 Å². The van der Waals surface area contributed by atoms with E-state index in [9.17, 15) is 4.79 Å². The van der Waals surface area contributed by atoms with E-state index < -0.39 is 0 Å². The molecule has 3 rings (SSSR count). The molecule has 0 fully saturated rings. The van der Waals surface area contributed by atoms with E-state index in [0.717, 1.165) is 17.0 Å². The Morgan fingerprint density at radius 3 is 2.96 bits per heavy atom. The summed E-state index contributed by atoms with van der Waals surface area (Å²) < 4.78 is 7.14. The van der Waals surface area contributed by atoms with Crippen LogP contribution in [0.4, 0.5) is 0 Å². The summed E-state index contributed by atoms with van der Waals surface area (Å²) in [6.07, 6.45) is 4.70. The average Bonchev–Trinajstić information content (AvgIpc) is 3.29. The maximum Gasteiger partial charge on any atom is 0.244 e. The summed E-state index contributed by atoms with van der Waals surface area (Å²) in [6, 6.07) is 7.67. The molecular formula is C18H19N3O2S. The van der Waals surface area contributed by atoms with Gasteiger partial charge in [0.2, 0.25) is 5.91 Å². The van der Waals surface area contributed by atoms with Crippen LogP contribution in [-0.4, -0.2) is 22.2 Å². The van der Waals surface area contributed by atoms with Crippen molar-refractivity contribution < 1.29 is 9.21 Å². The third-order valence-corrected chi connectivity index (χ3v) is 4.38. The van der Waals surface area contributed by atoms with E-state index in [4.69, 9.17) is 4.42 Å². The van der Waals surface area contributed by atoms with Crippen LogP contribution in [0.1, 0.15) is 28.8 Å². The Kier molecular flexibility index (Phi) is 4.96. The lowest BCUT2D eigenvalue weighted by Crippen LogP contribution is -2.30. The van der Waals surface area contributed by atoms with Crippen molar-refractivity contribution in [3.8, 4) is 0 Å². The average molecular weight is 341 g/mol. The fraction of sp³-hybridized carbons (Fsp3) is 0.222. The van der Waals surface area contributed by atoms with Crippen LogP contribution in [0.5, 0.6) is 0 Å². The molecule has 0 saturated carbocycles. The van der Waals surface area contributed by atoms with Gasteiger partial charge >= 0.3 is 0 Å². The molecule has 5 nitrogen and oxygen atoms in total. The minimum atomic E-state index is -0.159. The summed E-state index contributed by atoms with van der Waals surface area (Å²) in [7, 11) is 0. The molecule has 0 aromatic carbocycles. The summed E-state index contributed by atoms with van der Waals surface area (Å²) in [5.41, 5.74) is 3.18. The van der Waals surface area contributed by atoms with Gasteiger partial charge < -0.3 is 9.73 Å². The monoisotopic (exact) mass is 341 g/mol. The van der Waals surface area contributed by atoms with E-state index in [-0.39, 0.29) is 11.9 Å². The number of aryl methyl sites for hydroxylation is 2. The number of hydrogen-bond acceptors (Lipinski definition) is 4. The van der Waals surface area contributed by atoms with Gasteiger partial charge in [-0.05, 0) is 60.5 Å². The molecule has 0 spiro atoms. The first-order valence-corrected chi connectivity index (χ1v) is 8.62. The van der Waals surface area contributed by atoms with Gasteiger partial charge in [-0.3, -0.25) is 9.48 Å². The highest BCUT2D eigenvalue weighted by Gasteiger charge is 2.18. The molecule has 1 N–H and O–H groups in total. The SMILES string of the molecule is Cc1cc(C)n(C(CNC(=O)/C=C/c2ccco2)c2ccsc2)n1. The van der Waals surface area contributed by atoms with Gasteiger partial charge in [-0.15, -0.1) is 0 Å². The zero-order valence-electron chi connectivity index (χ0n) is 13.6. The van der Waals surface area contributed by atoms with Gasteiger partial charge in [-0.25, -0.2) is 0 Å². The molecule has 24 heavy (non-hydrogen) atoms. The quantitative estimate of drug-likeness (QED) is 0.697. The number of hydrogen-bond donors (Lipinski definition) is 1. The van der Waals surface area contributed by atoms with E-state index in [1.807, 2.05) is 30.0 Å². The first kappa shape index (κ1) is 16.3. The molecule has 1 amide bonds. The number of rotatable bonds is 6. The Morgan fingerprint density at radius 2 is 2.33 bits per heavy atom. The van der Waals surface area contributed by atoms with Crippen molar-refractivity contribution in [3.63, 3.8) is 0 Å². The fourth-order valence-corrected chi connectivity index (χ4v) is 3.28. The zero-order valence-corrected chi connectivity index (χ0v) is 14.4. The molecule has 6 heteroatoms. The van der Waals surface area contributed by atoms with E-state index in [1.165, 1.54) is 6.08 Å². The van der Waals surface area contributed by atoms with Crippen molar-refractivity contribution in [2.24, 2.45) is 0 Å². The minimum absolute atomic E-state index is 0.0223. The Balaban J connectivity index is 1.71. The first-order chi connectivity index (χ1) is 11.6. The predicted octanol–water partition coefficient (Wildman–Crippen LogP) is 3.57. The normalized spacial score (nSPS) is 12.6. The molecule has 1 atom stereocenters. The second-order valence-electron chi connectivity index (χ2n) is 5.54. The van der Waals surface area contributed by atoms with E-state index in [0.29, 0.717) is 12.3 Å². The van der Waals surface area contributed by atoms with Gasteiger partial charge in [0.1, 0.15) is 5.76 Å². The Hall–Kier alpha value is -2.60. The third-order valence-electron chi connectivity index (χ3n) is 3.68. The van der Waals surface area contributed by atoms with Crippen LogP contribution >= 0.6 is 11.3 Å². The summed E-state index contributed by atoms with van der Waals surface area (Å²) >= 11 is 1.64. The predicted molar refractivity (Wildman–Crippen MR) is 94.9 cm³/mol. The molecular weight excluding hydrogens is 322 g/mol. The van der Waals surface area contributed by atoms with Crippen LogP contribution in [0, 0.1) is 13.8 Å². The topological polar surface area (TPSA) is 60.1 Å². The van der Waals surface area contributed by atoms with Crippen molar-refractivity contribution in [3.05, 3.63) is 70.1 Å². The van der Waals surface area contributed by atoms with Gasteiger partial charge in [0.05, 0.1) is 18.0 Å². The Bertz CT molecular complexity index is 817. The lowest BCUT2D eigenvalue weighted by atomic mass is 10.1. The molecule has 0 saturated heterocycles. The number of furan rings is 1.